The highest BCUT2D eigenvalue weighted by atomic mass is 127. The maximum atomic E-state index is 11.6. The molecule has 1 aliphatic carbocycles. The fraction of sp³-hybridized carbons (Fsp3) is 0.300. The molecule has 1 aromatic rings. The summed E-state index contributed by atoms with van der Waals surface area (Å²) in [5.41, 5.74) is 2.22. The van der Waals surface area contributed by atoms with Gasteiger partial charge >= 0.3 is 0 Å². The van der Waals surface area contributed by atoms with Crippen molar-refractivity contribution >= 4 is 51.0 Å². The van der Waals surface area contributed by atoms with E-state index in [-0.39, 0.29) is 0 Å². The molecule has 1 nitrogen and oxygen atoms in total. The van der Waals surface area contributed by atoms with Crippen molar-refractivity contribution in [1.82, 2.24) is 0 Å². The second-order valence-electron chi connectivity index (χ2n) is 3.20. The largest absolute Gasteiger partial charge is 0.294 e. The van der Waals surface area contributed by atoms with Crippen molar-refractivity contribution in [2.45, 2.75) is 19.3 Å². The van der Waals surface area contributed by atoms with Crippen molar-refractivity contribution in [3.05, 3.63) is 30.4 Å². The Morgan fingerprint density at radius 3 is 2.69 bits per heavy atom. The summed E-state index contributed by atoms with van der Waals surface area (Å²) < 4.78 is 2.35. The third kappa shape index (κ3) is 1.91. The lowest BCUT2D eigenvalue weighted by Crippen LogP contribution is -2.12. The van der Waals surface area contributed by atoms with Gasteiger partial charge < -0.3 is 0 Å². The van der Waals surface area contributed by atoms with E-state index in [0.717, 1.165) is 28.4 Å². The third-order valence-electron chi connectivity index (χ3n) is 2.27. The number of hydrogen-bond acceptors (Lipinski definition) is 1. The molecule has 1 aliphatic rings. The van der Waals surface area contributed by atoms with Crippen LogP contribution in [-0.4, -0.2) is 5.78 Å². The highest BCUT2D eigenvalue weighted by molar-refractivity contribution is 14.1. The normalized spacial score (nSPS) is 15.7. The molecule has 0 fully saturated rings. The van der Waals surface area contributed by atoms with Gasteiger partial charge in [-0.3, -0.25) is 4.79 Å². The van der Waals surface area contributed by atoms with Crippen molar-refractivity contribution in [3.63, 3.8) is 0 Å². The summed E-state index contributed by atoms with van der Waals surface area (Å²) in [6.07, 6.45) is 2.81. The first-order chi connectivity index (χ1) is 6.18. The Balaban J connectivity index is 2.63. The van der Waals surface area contributed by atoms with Crippen molar-refractivity contribution in [2.24, 2.45) is 0 Å². The van der Waals surface area contributed by atoms with Gasteiger partial charge in [-0.2, -0.15) is 0 Å². The summed E-state index contributed by atoms with van der Waals surface area (Å²) in [5, 5.41) is 0. The van der Waals surface area contributed by atoms with Crippen LogP contribution >= 0.6 is 45.2 Å². The zero-order valence-corrected chi connectivity index (χ0v) is 11.3. The predicted octanol–water partition coefficient (Wildman–Crippen LogP) is 3.41. The Bertz CT molecular complexity index is 371. The minimum atomic E-state index is 0.321. The molecule has 13 heavy (non-hydrogen) atoms. The van der Waals surface area contributed by atoms with E-state index in [0.29, 0.717) is 5.78 Å². The van der Waals surface area contributed by atoms with Gasteiger partial charge in [0.05, 0.1) is 0 Å². The molecule has 0 amide bonds. The van der Waals surface area contributed by atoms with Gasteiger partial charge in [-0.1, -0.05) is 0 Å². The summed E-state index contributed by atoms with van der Waals surface area (Å²) >= 11 is 4.56. The lowest BCUT2D eigenvalue weighted by Gasteiger charge is -2.16. The first-order valence-electron chi connectivity index (χ1n) is 4.19. The third-order valence-corrected chi connectivity index (χ3v) is 3.74. The molecule has 0 saturated heterocycles. The van der Waals surface area contributed by atoms with Gasteiger partial charge in [-0.15, -0.1) is 0 Å². The predicted molar refractivity (Wildman–Crippen MR) is 69.1 cm³/mol. The summed E-state index contributed by atoms with van der Waals surface area (Å²) in [6, 6.07) is 4.21. The van der Waals surface area contributed by atoms with Crippen LogP contribution in [0, 0.1) is 7.14 Å². The Morgan fingerprint density at radius 1 is 1.15 bits per heavy atom. The monoisotopic (exact) mass is 398 g/mol. The lowest BCUT2D eigenvalue weighted by atomic mass is 9.91. The van der Waals surface area contributed by atoms with E-state index in [2.05, 4.69) is 57.3 Å². The molecule has 0 bridgehead atoms. The first kappa shape index (κ1) is 9.89. The summed E-state index contributed by atoms with van der Waals surface area (Å²) in [6.45, 7) is 0. The van der Waals surface area contributed by atoms with Crippen LogP contribution in [0.15, 0.2) is 12.1 Å². The number of fused-ring (bicyclic) bond motifs is 1. The smallest absolute Gasteiger partial charge is 0.164 e. The van der Waals surface area contributed by atoms with Crippen LogP contribution in [0.4, 0.5) is 0 Å². The molecule has 0 heterocycles. The van der Waals surface area contributed by atoms with Gasteiger partial charge in [-0.05, 0) is 75.7 Å². The van der Waals surface area contributed by atoms with Crippen LogP contribution in [0.1, 0.15) is 28.8 Å². The molecule has 2 rings (SSSR count). The number of benzene rings is 1. The Kier molecular flexibility index (Phi) is 2.92. The second kappa shape index (κ2) is 3.84. The molecular weight excluding hydrogens is 390 g/mol. The average Bonchev–Trinajstić information content (AvgIpc) is 2.02. The molecule has 1 aromatic carbocycles. The van der Waals surface area contributed by atoms with E-state index in [1.54, 1.807) is 0 Å². The number of hydrogen-bond donors (Lipinski definition) is 0. The molecule has 0 aliphatic heterocycles. The summed E-state index contributed by atoms with van der Waals surface area (Å²) in [4.78, 5) is 11.6. The highest BCUT2D eigenvalue weighted by Gasteiger charge is 2.19. The van der Waals surface area contributed by atoms with Crippen LogP contribution in [-0.2, 0) is 6.42 Å². The lowest BCUT2D eigenvalue weighted by molar-refractivity contribution is 0.0971. The van der Waals surface area contributed by atoms with Crippen molar-refractivity contribution in [1.29, 1.82) is 0 Å². The van der Waals surface area contributed by atoms with E-state index < -0.39 is 0 Å². The van der Waals surface area contributed by atoms with Crippen molar-refractivity contribution in [3.8, 4) is 0 Å². The molecule has 0 unspecified atom stereocenters. The van der Waals surface area contributed by atoms with Crippen LogP contribution in [0.5, 0.6) is 0 Å². The van der Waals surface area contributed by atoms with E-state index in [9.17, 15) is 4.79 Å². The van der Waals surface area contributed by atoms with Gasteiger partial charge in [0.2, 0.25) is 0 Å². The maximum absolute atomic E-state index is 11.6. The Labute approximate surface area is 105 Å². The number of carbonyl (C=O) groups excluding carboxylic acids is 1. The van der Waals surface area contributed by atoms with Gasteiger partial charge in [0.1, 0.15) is 0 Å². The minimum Gasteiger partial charge on any atom is -0.294 e. The highest BCUT2D eigenvalue weighted by Crippen LogP contribution is 2.27. The maximum Gasteiger partial charge on any atom is 0.164 e. The molecule has 0 aromatic heterocycles. The SMILES string of the molecule is O=C1CCCc2cc(I)cc(I)c21. The Morgan fingerprint density at radius 2 is 1.92 bits per heavy atom. The Hall–Kier alpha value is 0.350. The van der Waals surface area contributed by atoms with Gasteiger partial charge in [-0.25, -0.2) is 0 Å². The number of halogens is 2. The number of carbonyl (C=O) groups is 1. The van der Waals surface area contributed by atoms with Crippen LogP contribution < -0.4 is 0 Å². The standard InChI is InChI=1S/C10H8I2O/c11-7-4-6-2-1-3-9(13)10(6)8(12)5-7/h4-5H,1-3H2. The molecule has 3 heteroatoms. The van der Waals surface area contributed by atoms with E-state index in [1.165, 1.54) is 9.13 Å². The number of aryl methyl sites for hydroxylation is 1. The van der Waals surface area contributed by atoms with Gasteiger partial charge in [0.25, 0.3) is 0 Å². The number of Topliss-reactive ketones (excluding diaryl/α,β-unsaturated/α-hetero) is 1. The first-order valence-corrected chi connectivity index (χ1v) is 6.35. The van der Waals surface area contributed by atoms with Crippen LogP contribution in [0.3, 0.4) is 0 Å². The van der Waals surface area contributed by atoms with E-state index in [1.807, 2.05) is 0 Å². The fourth-order valence-electron chi connectivity index (χ4n) is 1.70. The van der Waals surface area contributed by atoms with Crippen LogP contribution in [0.2, 0.25) is 0 Å². The summed E-state index contributed by atoms with van der Waals surface area (Å²) in [5.74, 6) is 0.321. The van der Waals surface area contributed by atoms with E-state index in [4.69, 9.17) is 0 Å². The van der Waals surface area contributed by atoms with Crippen LogP contribution in [0.25, 0.3) is 0 Å². The van der Waals surface area contributed by atoms with E-state index >= 15 is 0 Å². The molecule has 68 valence electrons. The zero-order chi connectivity index (χ0) is 9.42. The molecule has 0 spiro atoms. The molecular formula is C10H8I2O. The summed E-state index contributed by atoms with van der Waals surface area (Å²) in [7, 11) is 0. The quantitative estimate of drug-likeness (QED) is 0.613. The van der Waals surface area contributed by atoms with Gasteiger partial charge in [0.15, 0.2) is 5.78 Å². The van der Waals surface area contributed by atoms with Crippen molar-refractivity contribution in [2.75, 3.05) is 0 Å². The number of ketones is 1. The zero-order valence-electron chi connectivity index (χ0n) is 6.94. The molecule has 0 atom stereocenters. The fourth-order valence-corrected chi connectivity index (χ4v) is 3.97. The topological polar surface area (TPSA) is 17.1 Å². The average molecular weight is 398 g/mol. The number of rotatable bonds is 0. The van der Waals surface area contributed by atoms with Crippen molar-refractivity contribution < 1.29 is 4.79 Å². The molecule has 0 radical (unpaired) electrons. The molecule has 0 N–H and O–H groups in total. The second-order valence-corrected chi connectivity index (χ2v) is 5.61. The molecule has 0 saturated carbocycles. The van der Waals surface area contributed by atoms with Gasteiger partial charge in [0, 0.05) is 19.1 Å². The minimum absolute atomic E-state index is 0.321.